The molecule has 1 amide bonds. The van der Waals surface area contributed by atoms with Crippen molar-refractivity contribution in [1.29, 1.82) is 0 Å². The van der Waals surface area contributed by atoms with Crippen LogP contribution in [-0.4, -0.2) is 36.7 Å². The minimum absolute atomic E-state index is 0.0696. The number of nitrogens with zero attached hydrogens (tertiary/aromatic N) is 4. The maximum Gasteiger partial charge on any atom is 0.237 e. The van der Waals surface area contributed by atoms with Crippen LogP contribution in [0.4, 0.5) is 10.8 Å². The highest BCUT2D eigenvalue weighted by molar-refractivity contribution is 8.02. The summed E-state index contributed by atoms with van der Waals surface area (Å²) in [5, 5.41) is 19.3. The molecule has 0 aliphatic rings. The van der Waals surface area contributed by atoms with Crippen LogP contribution in [0, 0.1) is 13.8 Å². The zero-order valence-corrected chi connectivity index (χ0v) is 16.7. The lowest BCUT2D eigenvalue weighted by Gasteiger charge is -2.18. The maximum absolute atomic E-state index is 12.4. The third-order valence-electron chi connectivity index (χ3n) is 3.29. The van der Waals surface area contributed by atoms with E-state index in [0.717, 1.165) is 26.5 Å². The first-order valence-corrected chi connectivity index (χ1v) is 9.36. The van der Waals surface area contributed by atoms with Crippen LogP contribution in [0.5, 0.6) is 0 Å². The first-order chi connectivity index (χ1) is 11.1. The standard InChI is InChI=1S/C15H24N6OS2/c1-8-11(9(2)21(7)20-8)16-12(22)10(3)23-14-19-18-13(24-14)17-15(4,5)6/h10H,1-7H3,(H,16,22)(H,17,18)/t10-/m1/s1. The van der Waals surface area contributed by atoms with E-state index in [0.29, 0.717) is 0 Å². The van der Waals surface area contributed by atoms with Crippen molar-refractivity contribution in [2.75, 3.05) is 10.6 Å². The van der Waals surface area contributed by atoms with E-state index in [2.05, 4.69) is 46.7 Å². The van der Waals surface area contributed by atoms with Crippen molar-refractivity contribution in [1.82, 2.24) is 20.0 Å². The fourth-order valence-corrected chi connectivity index (χ4v) is 4.12. The fraction of sp³-hybridized carbons (Fsp3) is 0.600. The Kier molecular flexibility index (Phi) is 5.54. The van der Waals surface area contributed by atoms with Gasteiger partial charge in [0.1, 0.15) is 0 Å². The molecule has 24 heavy (non-hydrogen) atoms. The second-order valence-corrected chi connectivity index (χ2v) is 9.23. The molecular weight excluding hydrogens is 344 g/mol. The topological polar surface area (TPSA) is 84.7 Å². The van der Waals surface area contributed by atoms with Gasteiger partial charge in [-0.3, -0.25) is 9.48 Å². The van der Waals surface area contributed by atoms with Crippen molar-refractivity contribution >= 4 is 39.8 Å². The predicted molar refractivity (Wildman–Crippen MR) is 99.9 cm³/mol. The Balaban J connectivity index is 1.99. The van der Waals surface area contributed by atoms with Gasteiger partial charge in [-0.25, -0.2) is 0 Å². The van der Waals surface area contributed by atoms with Gasteiger partial charge in [0.25, 0.3) is 0 Å². The number of amides is 1. The smallest absolute Gasteiger partial charge is 0.237 e. The number of aryl methyl sites for hydroxylation is 2. The normalized spacial score (nSPS) is 13.0. The zero-order chi connectivity index (χ0) is 18.1. The molecule has 0 radical (unpaired) electrons. The molecule has 0 aliphatic carbocycles. The summed E-state index contributed by atoms with van der Waals surface area (Å²) in [7, 11) is 1.86. The molecule has 2 aromatic heterocycles. The maximum atomic E-state index is 12.4. The molecule has 132 valence electrons. The van der Waals surface area contributed by atoms with Crippen LogP contribution in [-0.2, 0) is 11.8 Å². The molecule has 7 nitrogen and oxygen atoms in total. The molecule has 0 saturated carbocycles. The fourth-order valence-electron chi connectivity index (χ4n) is 2.01. The van der Waals surface area contributed by atoms with Crippen molar-refractivity contribution < 1.29 is 4.79 Å². The van der Waals surface area contributed by atoms with Gasteiger partial charge in [-0.15, -0.1) is 10.2 Å². The van der Waals surface area contributed by atoms with Gasteiger partial charge in [-0.2, -0.15) is 5.10 Å². The monoisotopic (exact) mass is 368 g/mol. The quantitative estimate of drug-likeness (QED) is 0.788. The van der Waals surface area contributed by atoms with Crippen LogP contribution in [0.15, 0.2) is 4.34 Å². The third-order valence-corrected chi connectivity index (χ3v) is 5.32. The molecule has 0 fully saturated rings. The molecule has 9 heteroatoms. The van der Waals surface area contributed by atoms with Gasteiger partial charge < -0.3 is 10.6 Å². The molecule has 2 aromatic rings. The molecule has 0 unspecified atom stereocenters. The largest absolute Gasteiger partial charge is 0.355 e. The van der Waals surface area contributed by atoms with E-state index in [1.165, 1.54) is 23.1 Å². The number of hydrogen-bond donors (Lipinski definition) is 2. The lowest BCUT2D eigenvalue weighted by molar-refractivity contribution is -0.115. The van der Waals surface area contributed by atoms with E-state index in [1.807, 2.05) is 27.8 Å². The van der Waals surface area contributed by atoms with Crippen molar-refractivity contribution in [3.8, 4) is 0 Å². The summed E-state index contributed by atoms with van der Waals surface area (Å²) in [6.45, 7) is 11.9. The van der Waals surface area contributed by atoms with Crippen LogP contribution in [0.1, 0.15) is 39.1 Å². The summed E-state index contributed by atoms with van der Waals surface area (Å²) >= 11 is 2.86. The van der Waals surface area contributed by atoms with Crippen LogP contribution in [0.2, 0.25) is 0 Å². The van der Waals surface area contributed by atoms with Crippen molar-refractivity contribution in [2.45, 2.75) is 56.7 Å². The summed E-state index contributed by atoms with van der Waals surface area (Å²) < 4.78 is 2.53. The number of thioether (sulfide) groups is 1. The SMILES string of the molecule is Cc1nn(C)c(C)c1NC(=O)[C@@H](C)Sc1nnc(NC(C)(C)C)s1. The molecule has 1 atom stereocenters. The third kappa shape index (κ3) is 4.70. The van der Waals surface area contributed by atoms with E-state index in [1.54, 1.807) is 4.68 Å². The Labute approximate surface area is 150 Å². The van der Waals surface area contributed by atoms with Crippen molar-refractivity contribution in [3.05, 3.63) is 11.4 Å². The number of aromatic nitrogens is 4. The lowest BCUT2D eigenvalue weighted by atomic mass is 10.1. The summed E-state index contributed by atoms with van der Waals surface area (Å²) in [6, 6.07) is 0. The second-order valence-electron chi connectivity index (χ2n) is 6.67. The minimum atomic E-state index is -0.278. The van der Waals surface area contributed by atoms with E-state index in [9.17, 15) is 4.79 Å². The summed E-state index contributed by atoms with van der Waals surface area (Å²) in [5.74, 6) is -0.0697. The number of carbonyl (C=O) groups excluding carboxylic acids is 1. The highest BCUT2D eigenvalue weighted by Gasteiger charge is 2.21. The van der Waals surface area contributed by atoms with Crippen molar-refractivity contribution in [3.63, 3.8) is 0 Å². The molecule has 0 aliphatic heterocycles. The lowest BCUT2D eigenvalue weighted by Crippen LogP contribution is -2.25. The highest BCUT2D eigenvalue weighted by atomic mass is 32.2. The molecule has 0 spiro atoms. The predicted octanol–water partition coefficient (Wildman–Crippen LogP) is 3.22. The van der Waals surface area contributed by atoms with Crippen LogP contribution < -0.4 is 10.6 Å². The Morgan fingerprint density at radius 2 is 1.96 bits per heavy atom. The Hall–Kier alpha value is -1.61. The van der Waals surface area contributed by atoms with Crippen LogP contribution in [0.3, 0.4) is 0 Å². The molecule has 0 saturated heterocycles. The van der Waals surface area contributed by atoms with E-state index in [-0.39, 0.29) is 16.7 Å². The summed E-state index contributed by atoms with van der Waals surface area (Å²) in [6.07, 6.45) is 0. The van der Waals surface area contributed by atoms with Gasteiger partial charge in [-0.1, -0.05) is 23.1 Å². The zero-order valence-electron chi connectivity index (χ0n) is 15.1. The van der Waals surface area contributed by atoms with Gasteiger partial charge >= 0.3 is 0 Å². The molecule has 0 aromatic carbocycles. The Morgan fingerprint density at radius 3 is 2.50 bits per heavy atom. The molecule has 2 N–H and O–H groups in total. The minimum Gasteiger partial charge on any atom is -0.355 e. The molecule has 2 heterocycles. The highest BCUT2D eigenvalue weighted by Crippen LogP contribution is 2.31. The van der Waals surface area contributed by atoms with Gasteiger partial charge in [0, 0.05) is 12.6 Å². The Morgan fingerprint density at radius 1 is 1.29 bits per heavy atom. The number of carbonyl (C=O) groups is 1. The molecule has 0 bridgehead atoms. The van der Waals surface area contributed by atoms with Gasteiger partial charge in [0.05, 0.1) is 22.3 Å². The van der Waals surface area contributed by atoms with Gasteiger partial charge in [-0.05, 0) is 41.5 Å². The van der Waals surface area contributed by atoms with Crippen LogP contribution in [0.25, 0.3) is 0 Å². The first kappa shape index (κ1) is 18.7. The number of nitrogens with one attached hydrogen (secondary N) is 2. The molecule has 2 rings (SSSR count). The second kappa shape index (κ2) is 7.10. The van der Waals surface area contributed by atoms with Gasteiger partial charge in [0.2, 0.25) is 11.0 Å². The molecular formula is C15H24N6OS2. The van der Waals surface area contributed by atoms with Crippen molar-refractivity contribution in [2.24, 2.45) is 7.05 Å². The number of rotatable bonds is 5. The summed E-state index contributed by atoms with van der Waals surface area (Å²) in [5.41, 5.74) is 2.46. The average Bonchev–Trinajstić information content (AvgIpc) is 2.96. The Bertz CT molecular complexity index is 731. The van der Waals surface area contributed by atoms with E-state index >= 15 is 0 Å². The van der Waals surface area contributed by atoms with Crippen LogP contribution >= 0.6 is 23.1 Å². The number of anilines is 2. The first-order valence-electron chi connectivity index (χ1n) is 7.66. The van der Waals surface area contributed by atoms with E-state index < -0.39 is 0 Å². The van der Waals surface area contributed by atoms with E-state index in [4.69, 9.17) is 0 Å². The average molecular weight is 369 g/mol. The summed E-state index contributed by atoms with van der Waals surface area (Å²) in [4.78, 5) is 12.4. The van der Waals surface area contributed by atoms with Gasteiger partial charge in [0.15, 0.2) is 4.34 Å². The number of hydrogen-bond acceptors (Lipinski definition) is 7.